The predicted octanol–water partition coefficient (Wildman–Crippen LogP) is 2.91. The summed E-state index contributed by atoms with van der Waals surface area (Å²) in [5.41, 5.74) is 2.30. The second-order valence-electron chi connectivity index (χ2n) is 8.48. The number of nitrogens with zero attached hydrogens (tertiary/aromatic N) is 5. The minimum atomic E-state index is -0.489. The number of hydrogen-bond acceptors (Lipinski definition) is 7. The third-order valence-corrected chi connectivity index (χ3v) is 5.88. The van der Waals surface area contributed by atoms with Crippen LogP contribution < -0.4 is 15.4 Å². The van der Waals surface area contributed by atoms with Gasteiger partial charge in [-0.2, -0.15) is 5.10 Å². The summed E-state index contributed by atoms with van der Waals surface area (Å²) >= 11 is 0. The van der Waals surface area contributed by atoms with E-state index in [0.717, 1.165) is 63.1 Å². The normalized spacial score (nSPS) is 21.7. The molecule has 4 heterocycles. The van der Waals surface area contributed by atoms with E-state index in [1.807, 2.05) is 6.07 Å². The van der Waals surface area contributed by atoms with Crippen molar-refractivity contribution < 1.29 is 9.13 Å². The molecular weight excluding hydrogens is 385 g/mol. The number of imidazole rings is 1. The number of anilines is 1. The second-order valence-corrected chi connectivity index (χ2v) is 8.48. The summed E-state index contributed by atoms with van der Waals surface area (Å²) in [4.78, 5) is 13.1. The summed E-state index contributed by atoms with van der Waals surface area (Å²) in [5.74, 6) is 1.16. The fraction of sp³-hybridized carbons (Fsp3) is 0.524. The Labute approximate surface area is 173 Å². The first-order chi connectivity index (χ1) is 14.7. The third-order valence-electron chi connectivity index (χ3n) is 5.88. The van der Waals surface area contributed by atoms with Gasteiger partial charge in [0.05, 0.1) is 18.5 Å². The highest BCUT2D eigenvalue weighted by Gasteiger charge is 2.33. The lowest BCUT2D eigenvalue weighted by molar-refractivity contribution is 0.297. The van der Waals surface area contributed by atoms with Gasteiger partial charge in [0, 0.05) is 24.6 Å². The maximum absolute atomic E-state index is 14.7. The molecule has 3 fully saturated rings. The molecule has 9 heteroatoms. The van der Waals surface area contributed by atoms with Crippen LogP contribution in [0.15, 0.2) is 18.5 Å². The van der Waals surface area contributed by atoms with Gasteiger partial charge in [-0.15, -0.1) is 0 Å². The average Bonchev–Trinajstić information content (AvgIpc) is 3.69. The molecule has 1 unspecified atom stereocenters. The van der Waals surface area contributed by atoms with Crippen LogP contribution in [0.25, 0.3) is 17.0 Å². The van der Waals surface area contributed by atoms with E-state index < -0.39 is 5.82 Å². The van der Waals surface area contributed by atoms with Crippen LogP contribution in [0, 0.1) is 5.82 Å². The SMILES string of the molecule is Fc1cnc(NC2CCCNC2)nc1-c1cnc2cc(OC3CC3)c(C3CC3)nn12. The minimum absolute atomic E-state index is 0.203. The van der Waals surface area contributed by atoms with Crippen molar-refractivity contribution in [1.29, 1.82) is 0 Å². The Hall–Kier alpha value is -2.81. The lowest BCUT2D eigenvalue weighted by Crippen LogP contribution is -2.38. The van der Waals surface area contributed by atoms with Gasteiger partial charge in [0.25, 0.3) is 0 Å². The largest absolute Gasteiger partial charge is 0.488 e. The lowest BCUT2D eigenvalue weighted by atomic mass is 10.1. The van der Waals surface area contributed by atoms with Gasteiger partial charge in [-0.1, -0.05) is 0 Å². The van der Waals surface area contributed by atoms with Crippen LogP contribution in [0.5, 0.6) is 5.75 Å². The van der Waals surface area contributed by atoms with Crippen molar-refractivity contribution in [2.75, 3.05) is 18.4 Å². The van der Waals surface area contributed by atoms with E-state index in [4.69, 9.17) is 9.84 Å². The van der Waals surface area contributed by atoms with Crippen LogP contribution >= 0.6 is 0 Å². The lowest BCUT2D eigenvalue weighted by Gasteiger charge is -2.23. The molecule has 3 aromatic heterocycles. The van der Waals surface area contributed by atoms with E-state index in [9.17, 15) is 4.39 Å². The van der Waals surface area contributed by atoms with Gasteiger partial charge < -0.3 is 15.4 Å². The second kappa shape index (κ2) is 7.16. The van der Waals surface area contributed by atoms with E-state index in [1.165, 1.54) is 6.20 Å². The highest BCUT2D eigenvalue weighted by Crippen LogP contribution is 2.44. The van der Waals surface area contributed by atoms with Gasteiger partial charge in [0.2, 0.25) is 5.95 Å². The Bertz CT molecular complexity index is 1090. The molecule has 0 spiro atoms. The molecule has 2 N–H and O–H groups in total. The molecule has 1 aliphatic heterocycles. The first-order valence-electron chi connectivity index (χ1n) is 10.8. The van der Waals surface area contributed by atoms with Crippen molar-refractivity contribution in [3.8, 4) is 17.1 Å². The number of hydrogen-bond donors (Lipinski definition) is 2. The van der Waals surface area contributed by atoms with Crippen molar-refractivity contribution in [3.05, 3.63) is 30.0 Å². The van der Waals surface area contributed by atoms with Gasteiger partial charge >= 0.3 is 0 Å². The Morgan fingerprint density at radius 3 is 2.80 bits per heavy atom. The van der Waals surface area contributed by atoms with E-state index in [2.05, 4.69) is 25.6 Å². The number of nitrogens with one attached hydrogen (secondary N) is 2. The highest BCUT2D eigenvalue weighted by atomic mass is 19.1. The van der Waals surface area contributed by atoms with Gasteiger partial charge in [-0.25, -0.2) is 23.9 Å². The van der Waals surface area contributed by atoms with Crippen molar-refractivity contribution in [3.63, 3.8) is 0 Å². The molecule has 0 bridgehead atoms. The van der Waals surface area contributed by atoms with Gasteiger partial charge in [-0.3, -0.25) is 0 Å². The number of fused-ring (bicyclic) bond motifs is 1. The summed E-state index contributed by atoms with van der Waals surface area (Å²) in [5, 5.41) is 11.5. The van der Waals surface area contributed by atoms with Crippen LogP contribution in [-0.4, -0.2) is 49.8 Å². The standard InChI is InChI=1S/C21H24FN7O/c22-15-10-25-21(26-13-2-1-7-23-9-13)27-20(15)16-11-24-18-8-17(30-14-5-6-14)19(12-3-4-12)28-29(16)18/h8,10-14,23H,1-7,9H2,(H,25,26,27). The minimum Gasteiger partial charge on any atom is -0.488 e. The predicted molar refractivity (Wildman–Crippen MR) is 109 cm³/mol. The van der Waals surface area contributed by atoms with Crippen molar-refractivity contribution in [2.24, 2.45) is 0 Å². The van der Waals surface area contributed by atoms with Crippen LogP contribution in [0.2, 0.25) is 0 Å². The summed E-state index contributed by atoms with van der Waals surface area (Å²) in [6.45, 7) is 1.87. The topological polar surface area (TPSA) is 89.3 Å². The molecular formula is C21H24FN7O. The maximum Gasteiger partial charge on any atom is 0.223 e. The Morgan fingerprint density at radius 1 is 1.13 bits per heavy atom. The van der Waals surface area contributed by atoms with Crippen LogP contribution in [0.3, 0.4) is 0 Å². The van der Waals surface area contributed by atoms with E-state index in [1.54, 1.807) is 10.7 Å². The molecule has 0 amide bonds. The quantitative estimate of drug-likeness (QED) is 0.647. The van der Waals surface area contributed by atoms with E-state index in [-0.39, 0.29) is 11.7 Å². The summed E-state index contributed by atoms with van der Waals surface area (Å²) < 4.78 is 22.5. The molecule has 30 heavy (non-hydrogen) atoms. The molecule has 0 aromatic carbocycles. The zero-order valence-electron chi connectivity index (χ0n) is 16.6. The van der Waals surface area contributed by atoms with Crippen LogP contribution in [0.1, 0.15) is 50.1 Å². The average molecular weight is 409 g/mol. The number of rotatable bonds is 6. The van der Waals surface area contributed by atoms with Crippen LogP contribution in [-0.2, 0) is 0 Å². The third kappa shape index (κ3) is 3.47. The van der Waals surface area contributed by atoms with Gasteiger partial charge in [0.1, 0.15) is 22.8 Å². The Morgan fingerprint density at radius 2 is 2.03 bits per heavy atom. The van der Waals surface area contributed by atoms with Crippen molar-refractivity contribution in [2.45, 2.75) is 56.6 Å². The number of ether oxygens (including phenoxy) is 1. The molecule has 2 aliphatic carbocycles. The molecule has 156 valence electrons. The fourth-order valence-electron chi connectivity index (χ4n) is 3.95. The molecule has 1 atom stereocenters. The van der Waals surface area contributed by atoms with E-state index in [0.29, 0.717) is 29.3 Å². The molecule has 1 saturated heterocycles. The highest BCUT2D eigenvalue weighted by molar-refractivity contribution is 5.62. The van der Waals surface area contributed by atoms with Gasteiger partial charge in [-0.05, 0) is 45.1 Å². The molecule has 0 radical (unpaired) electrons. The number of aromatic nitrogens is 5. The first kappa shape index (κ1) is 18.0. The molecule has 2 saturated carbocycles. The fourth-order valence-corrected chi connectivity index (χ4v) is 3.95. The summed E-state index contributed by atoms with van der Waals surface area (Å²) in [6, 6.07) is 2.16. The molecule has 8 nitrogen and oxygen atoms in total. The van der Waals surface area contributed by atoms with E-state index >= 15 is 0 Å². The summed E-state index contributed by atoms with van der Waals surface area (Å²) in [7, 11) is 0. The summed E-state index contributed by atoms with van der Waals surface area (Å²) in [6.07, 6.45) is 9.66. The van der Waals surface area contributed by atoms with Crippen molar-refractivity contribution >= 4 is 11.6 Å². The molecule has 3 aromatic rings. The van der Waals surface area contributed by atoms with Crippen LogP contribution in [0.4, 0.5) is 10.3 Å². The van der Waals surface area contributed by atoms with Crippen molar-refractivity contribution in [1.82, 2.24) is 29.9 Å². The number of halogens is 1. The first-order valence-corrected chi connectivity index (χ1v) is 10.8. The molecule has 3 aliphatic rings. The smallest absolute Gasteiger partial charge is 0.223 e. The Balaban J connectivity index is 1.37. The molecule has 6 rings (SSSR count). The van der Waals surface area contributed by atoms with Gasteiger partial charge in [0.15, 0.2) is 11.5 Å². The Kier molecular flexibility index (Phi) is 4.29. The zero-order chi connectivity index (χ0) is 20.1. The number of piperidine rings is 1. The monoisotopic (exact) mass is 409 g/mol. The maximum atomic E-state index is 14.7. The zero-order valence-corrected chi connectivity index (χ0v) is 16.6.